The van der Waals surface area contributed by atoms with Gasteiger partial charge in [0, 0.05) is 11.1 Å². The van der Waals surface area contributed by atoms with Gasteiger partial charge < -0.3 is 5.73 Å². The Morgan fingerprint density at radius 2 is 1.76 bits per heavy atom. The third-order valence-electron chi connectivity index (χ3n) is 3.66. The average Bonchev–Trinajstić information content (AvgIpc) is 2.49. The summed E-state index contributed by atoms with van der Waals surface area (Å²) in [6.45, 7) is 1.93. The highest BCUT2D eigenvalue weighted by atomic mass is 35.5. The van der Waals surface area contributed by atoms with Crippen LogP contribution in [-0.4, -0.2) is 5.78 Å². The van der Waals surface area contributed by atoms with E-state index in [0.29, 0.717) is 21.8 Å². The number of nitrogen functional groups attached to an aromatic ring is 1. The number of hydrogen-bond acceptors (Lipinski definition) is 2. The SMILES string of the molecule is Cc1ccc2ccccc2c1C(=O)c1cccc(Cl)c1N. The molecule has 2 nitrogen and oxygen atoms in total. The number of hydrogen-bond donors (Lipinski definition) is 1. The molecule has 0 radical (unpaired) electrons. The lowest BCUT2D eigenvalue weighted by atomic mass is 9.93. The second kappa shape index (κ2) is 5.23. The van der Waals surface area contributed by atoms with E-state index in [2.05, 4.69) is 0 Å². The Hall–Kier alpha value is -2.32. The lowest BCUT2D eigenvalue weighted by molar-refractivity contribution is 0.104. The second-order valence-electron chi connectivity index (χ2n) is 5.01. The van der Waals surface area contributed by atoms with Crippen molar-refractivity contribution in [2.45, 2.75) is 6.92 Å². The van der Waals surface area contributed by atoms with Gasteiger partial charge in [-0.1, -0.05) is 54.1 Å². The van der Waals surface area contributed by atoms with Gasteiger partial charge in [-0.3, -0.25) is 4.79 Å². The van der Waals surface area contributed by atoms with E-state index in [1.807, 2.05) is 43.3 Å². The molecule has 0 aromatic heterocycles. The van der Waals surface area contributed by atoms with Crippen molar-refractivity contribution in [3.05, 3.63) is 76.3 Å². The summed E-state index contributed by atoms with van der Waals surface area (Å²) in [7, 11) is 0. The van der Waals surface area contributed by atoms with Crippen LogP contribution >= 0.6 is 11.6 Å². The highest BCUT2D eigenvalue weighted by Crippen LogP contribution is 2.29. The van der Waals surface area contributed by atoms with Gasteiger partial charge >= 0.3 is 0 Å². The van der Waals surface area contributed by atoms with Gasteiger partial charge in [0.15, 0.2) is 5.78 Å². The van der Waals surface area contributed by atoms with Crippen LogP contribution in [0.2, 0.25) is 5.02 Å². The van der Waals surface area contributed by atoms with Gasteiger partial charge in [-0.25, -0.2) is 0 Å². The molecule has 3 heteroatoms. The first kappa shape index (κ1) is 13.7. The Morgan fingerprint density at radius 3 is 2.57 bits per heavy atom. The van der Waals surface area contributed by atoms with Crippen LogP contribution < -0.4 is 5.73 Å². The van der Waals surface area contributed by atoms with Gasteiger partial charge in [0.2, 0.25) is 0 Å². The van der Waals surface area contributed by atoms with Crippen molar-refractivity contribution < 1.29 is 4.79 Å². The Kier molecular flexibility index (Phi) is 3.40. The monoisotopic (exact) mass is 295 g/mol. The summed E-state index contributed by atoms with van der Waals surface area (Å²) in [4.78, 5) is 12.9. The molecule has 0 spiro atoms. The zero-order chi connectivity index (χ0) is 15.0. The summed E-state index contributed by atoms with van der Waals surface area (Å²) in [5.41, 5.74) is 8.35. The standard InChI is InChI=1S/C18H14ClNO/c1-11-9-10-12-5-2-3-6-13(12)16(11)18(21)14-7-4-8-15(19)17(14)20/h2-10H,20H2,1H3. The third-order valence-corrected chi connectivity index (χ3v) is 3.99. The van der Waals surface area contributed by atoms with E-state index >= 15 is 0 Å². The summed E-state index contributed by atoms with van der Waals surface area (Å²) >= 11 is 6.03. The molecule has 0 unspecified atom stereocenters. The predicted octanol–water partition coefficient (Wildman–Crippen LogP) is 4.61. The quantitative estimate of drug-likeness (QED) is 0.554. The maximum absolute atomic E-state index is 12.9. The minimum Gasteiger partial charge on any atom is -0.397 e. The van der Waals surface area contributed by atoms with E-state index in [-0.39, 0.29) is 5.78 Å². The van der Waals surface area contributed by atoms with Gasteiger partial charge in [-0.05, 0) is 35.4 Å². The molecule has 0 heterocycles. The maximum atomic E-state index is 12.9. The summed E-state index contributed by atoms with van der Waals surface area (Å²) in [5, 5.41) is 2.37. The molecule has 2 N–H and O–H groups in total. The maximum Gasteiger partial charge on any atom is 0.196 e. The van der Waals surface area contributed by atoms with Crippen molar-refractivity contribution in [3.63, 3.8) is 0 Å². The normalized spacial score (nSPS) is 10.8. The minimum absolute atomic E-state index is 0.0932. The Balaban J connectivity index is 2.27. The van der Waals surface area contributed by atoms with E-state index in [0.717, 1.165) is 16.3 Å². The number of nitrogens with two attached hydrogens (primary N) is 1. The fourth-order valence-corrected chi connectivity index (χ4v) is 2.73. The topological polar surface area (TPSA) is 43.1 Å². The molecule has 0 saturated carbocycles. The van der Waals surface area contributed by atoms with Crippen molar-refractivity contribution in [1.82, 2.24) is 0 Å². The summed E-state index contributed by atoms with van der Waals surface area (Å²) < 4.78 is 0. The largest absolute Gasteiger partial charge is 0.397 e. The van der Waals surface area contributed by atoms with Gasteiger partial charge in [-0.15, -0.1) is 0 Å². The first-order chi connectivity index (χ1) is 10.1. The van der Waals surface area contributed by atoms with Crippen molar-refractivity contribution >= 4 is 33.8 Å². The van der Waals surface area contributed by atoms with Crippen LogP contribution in [0.4, 0.5) is 5.69 Å². The van der Waals surface area contributed by atoms with Crippen molar-refractivity contribution in [3.8, 4) is 0 Å². The zero-order valence-corrected chi connectivity index (χ0v) is 12.3. The van der Waals surface area contributed by atoms with Crippen molar-refractivity contribution in [2.75, 3.05) is 5.73 Å². The number of benzene rings is 3. The number of halogens is 1. The molecule has 0 amide bonds. The van der Waals surface area contributed by atoms with Crippen LogP contribution in [-0.2, 0) is 0 Å². The van der Waals surface area contributed by atoms with Crippen molar-refractivity contribution in [1.29, 1.82) is 0 Å². The Morgan fingerprint density at radius 1 is 1.00 bits per heavy atom. The second-order valence-corrected chi connectivity index (χ2v) is 5.42. The van der Waals surface area contributed by atoms with Crippen LogP contribution in [0.15, 0.2) is 54.6 Å². The first-order valence-electron chi connectivity index (χ1n) is 6.66. The number of carbonyl (C=O) groups excluding carboxylic acids is 1. The van der Waals surface area contributed by atoms with Crippen LogP contribution in [0.5, 0.6) is 0 Å². The van der Waals surface area contributed by atoms with Gasteiger partial charge in [0.05, 0.1) is 10.7 Å². The summed E-state index contributed by atoms with van der Waals surface area (Å²) in [6.07, 6.45) is 0. The molecule has 0 bridgehead atoms. The molecule has 0 atom stereocenters. The van der Waals surface area contributed by atoms with E-state index in [1.165, 1.54) is 0 Å². The van der Waals surface area contributed by atoms with Crippen LogP contribution in [0.1, 0.15) is 21.5 Å². The number of anilines is 1. The molecule has 3 aromatic carbocycles. The van der Waals surface area contributed by atoms with Gasteiger partial charge in [0.1, 0.15) is 0 Å². The first-order valence-corrected chi connectivity index (χ1v) is 7.04. The fraction of sp³-hybridized carbons (Fsp3) is 0.0556. The highest BCUT2D eigenvalue weighted by Gasteiger charge is 2.18. The molecule has 3 aromatic rings. The molecule has 0 aliphatic heterocycles. The molecule has 104 valence electrons. The molecule has 0 aliphatic rings. The molecule has 0 saturated heterocycles. The molecular weight excluding hydrogens is 282 g/mol. The van der Waals surface area contributed by atoms with E-state index in [4.69, 9.17) is 17.3 Å². The molecule has 0 fully saturated rings. The third kappa shape index (κ3) is 2.28. The number of aryl methyl sites for hydroxylation is 1. The van der Waals surface area contributed by atoms with Crippen molar-refractivity contribution in [2.24, 2.45) is 0 Å². The number of rotatable bonds is 2. The molecule has 3 rings (SSSR count). The lowest BCUT2D eigenvalue weighted by Gasteiger charge is -2.11. The fourth-order valence-electron chi connectivity index (χ4n) is 2.55. The van der Waals surface area contributed by atoms with Crippen LogP contribution in [0.25, 0.3) is 10.8 Å². The van der Waals surface area contributed by atoms with E-state index in [1.54, 1.807) is 18.2 Å². The number of para-hydroxylation sites is 1. The smallest absolute Gasteiger partial charge is 0.196 e. The molecule has 0 aliphatic carbocycles. The predicted molar refractivity (Wildman–Crippen MR) is 88.0 cm³/mol. The summed E-state index contributed by atoms with van der Waals surface area (Å²) in [6, 6.07) is 16.9. The molecule has 21 heavy (non-hydrogen) atoms. The zero-order valence-electron chi connectivity index (χ0n) is 11.6. The lowest BCUT2D eigenvalue weighted by Crippen LogP contribution is -2.08. The number of fused-ring (bicyclic) bond motifs is 1. The Labute approximate surface area is 128 Å². The number of ketones is 1. The number of carbonyl (C=O) groups is 1. The highest BCUT2D eigenvalue weighted by molar-refractivity contribution is 6.34. The van der Waals surface area contributed by atoms with Crippen LogP contribution in [0, 0.1) is 6.92 Å². The molecular formula is C18H14ClNO. The van der Waals surface area contributed by atoms with Gasteiger partial charge in [-0.2, -0.15) is 0 Å². The minimum atomic E-state index is -0.0932. The average molecular weight is 296 g/mol. The van der Waals surface area contributed by atoms with E-state index in [9.17, 15) is 4.79 Å². The van der Waals surface area contributed by atoms with E-state index < -0.39 is 0 Å². The van der Waals surface area contributed by atoms with Gasteiger partial charge in [0.25, 0.3) is 0 Å². The Bertz CT molecular complexity index is 855. The summed E-state index contributed by atoms with van der Waals surface area (Å²) in [5.74, 6) is -0.0932. The van der Waals surface area contributed by atoms with Crippen LogP contribution in [0.3, 0.4) is 0 Å².